The molecule has 2 rings (SSSR count). The third kappa shape index (κ3) is 3.71. The van der Waals surface area contributed by atoms with Gasteiger partial charge in [0.2, 0.25) is 11.9 Å². The van der Waals surface area contributed by atoms with Crippen LogP contribution in [0.3, 0.4) is 0 Å². The standard InChI is InChI=1S/C14H19N5O2/c1-15-12-16-13(18-14(17-12)21-4)19(2)9-10-5-7-11(20-3)8-6-10/h5-8H,9H2,1-4H3,(H,15,16,17,18). The lowest BCUT2D eigenvalue weighted by Gasteiger charge is -2.18. The Morgan fingerprint density at radius 2 is 1.76 bits per heavy atom. The molecule has 0 saturated heterocycles. The van der Waals surface area contributed by atoms with E-state index >= 15 is 0 Å². The Morgan fingerprint density at radius 3 is 2.33 bits per heavy atom. The fourth-order valence-corrected chi connectivity index (χ4v) is 1.80. The fourth-order valence-electron chi connectivity index (χ4n) is 1.80. The molecule has 0 aliphatic heterocycles. The number of rotatable bonds is 6. The minimum Gasteiger partial charge on any atom is -0.497 e. The Morgan fingerprint density at radius 1 is 1.05 bits per heavy atom. The maximum atomic E-state index is 5.15. The summed E-state index contributed by atoms with van der Waals surface area (Å²) in [4.78, 5) is 14.6. The van der Waals surface area contributed by atoms with Crippen LogP contribution >= 0.6 is 0 Å². The van der Waals surface area contributed by atoms with E-state index in [9.17, 15) is 0 Å². The van der Waals surface area contributed by atoms with E-state index in [1.54, 1.807) is 14.2 Å². The van der Waals surface area contributed by atoms with Crippen molar-refractivity contribution in [1.29, 1.82) is 0 Å². The van der Waals surface area contributed by atoms with Crippen LogP contribution in [0.5, 0.6) is 11.8 Å². The molecule has 0 spiro atoms. The number of nitrogens with one attached hydrogen (secondary N) is 1. The molecule has 1 aromatic heterocycles. The van der Waals surface area contributed by atoms with Crippen molar-refractivity contribution < 1.29 is 9.47 Å². The summed E-state index contributed by atoms with van der Waals surface area (Å²) in [5.74, 6) is 1.85. The number of benzene rings is 1. The monoisotopic (exact) mass is 289 g/mol. The third-order valence-electron chi connectivity index (χ3n) is 2.93. The summed E-state index contributed by atoms with van der Waals surface area (Å²) in [6, 6.07) is 8.15. The van der Waals surface area contributed by atoms with E-state index in [4.69, 9.17) is 9.47 Å². The number of hydrogen-bond donors (Lipinski definition) is 1. The molecule has 21 heavy (non-hydrogen) atoms. The van der Waals surface area contributed by atoms with Crippen molar-refractivity contribution in [3.63, 3.8) is 0 Å². The van der Waals surface area contributed by atoms with Crippen LogP contribution in [0.25, 0.3) is 0 Å². The Kier molecular flexibility index (Phi) is 4.76. The van der Waals surface area contributed by atoms with Crippen LogP contribution in [0.4, 0.5) is 11.9 Å². The Labute approximate surface area is 124 Å². The maximum Gasteiger partial charge on any atom is 0.322 e. The van der Waals surface area contributed by atoms with Crippen molar-refractivity contribution in [2.45, 2.75) is 6.54 Å². The van der Waals surface area contributed by atoms with E-state index in [1.165, 1.54) is 7.11 Å². The van der Waals surface area contributed by atoms with Gasteiger partial charge in [0.15, 0.2) is 0 Å². The molecule has 0 fully saturated rings. The highest BCUT2D eigenvalue weighted by atomic mass is 16.5. The zero-order chi connectivity index (χ0) is 15.2. The van der Waals surface area contributed by atoms with Crippen molar-refractivity contribution in [3.05, 3.63) is 29.8 Å². The molecule has 1 aromatic carbocycles. The minimum atomic E-state index is 0.283. The largest absolute Gasteiger partial charge is 0.497 e. The summed E-state index contributed by atoms with van der Waals surface area (Å²) in [5, 5.41) is 2.89. The lowest BCUT2D eigenvalue weighted by molar-refractivity contribution is 0.379. The zero-order valence-electron chi connectivity index (χ0n) is 12.6. The first-order chi connectivity index (χ1) is 10.2. The second-order valence-corrected chi connectivity index (χ2v) is 4.40. The van der Waals surface area contributed by atoms with Gasteiger partial charge in [-0.1, -0.05) is 12.1 Å². The highest BCUT2D eigenvalue weighted by Crippen LogP contribution is 2.17. The molecule has 0 unspecified atom stereocenters. The minimum absolute atomic E-state index is 0.283. The summed E-state index contributed by atoms with van der Waals surface area (Å²) in [7, 11) is 6.85. The molecule has 1 N–H and O–H groups in total. The Hall–Kier alpha value is -2.57. The average molecular weight is 289 g/mol. The van der Waals surface area contributed by atoms with Crippen LogP contribution in [0.1, 0.15) is 5.56 Å². The first-order valence-corrected chi connectivity index (χ1v) is 6.48. The van der Waals surface area contributed by atoms with Crippen LogP contribution in [0.15, 0.2) is 24.3 Å². The Balaban J connectivity index is 2.16. The van der Waals surface area contributed by atoms with Gasteiger partial charge in [-0.15, -0.1) is 0 Å². The SMILES string of the molecule is CNc1nc(OC)nc(N(C)Cc2ccc(OC)cc2)n1. The van der Waals surface area contributed by atoms with E-state index in [2.05, 4.69) is 20.3 Å². The van der Waals surface area contributed by atoms with Gasteiger partial charge in [0.25, 0.3) is 0 Å². The predicted molar refractivity (Wildman–Crippen MR) is 81.0 cm³/mol. The highest BCUT2D eigenvalue weighted by Gasteiger charge is 2.10. The quantitative estimate of drug-likeness (QED) is 0.865. The second-order valence-electron chi connectivity index (χ2n) is 4.40. The number of methoxy groups -OCH3 is 2. The maximum absolute atomic E-state index is 5.15. The van der Waals surface area contributed by atoms with E-state index in [0.29, 0.717) is 18.4 Å². The molecule has 0 radical (unpaired) electrons. The third-order valence-corrected chi connectivity index (χ3v) is 2.93. The number of anilines is 2. The number of hydrogen-bond acceptors (Lipinski definition) is 7. The van der Waals surface area contributed by atoms with Gasteiger partial charge in [-0.25, -0.2) is 0 Å². The normalized spacial score (nSPS) is 10.1. The van der Waals surface area contributed by atoms with Crippen LogP contribution < -0.4 is 19.7 Å². The van der Waals surface area contributed by atoms with Crippen LogP contribution in [-0.4, -0.2) is 43.3 Å². The smallest absolute Gasteiger partial charge is 0.322 e. The van der Waals surface area contributed by atoms with Gasteiger partial charge in [0.1, 0.15) is 5.75 Å². The Bertz CT molecular complexity index is 566. The molecule has 1 heterocycles. The zero-order valence-corrected chi connectivity index (χ0v) is 12.6. The summed E-state index contributed by atoms with van der Waals surface area (Å²) < 4.78 is 10.2. The van der Waals surface area contributed by atoms with E-state index in [1.807, 2.05) is 36.2 Å². The summed E-state index contributed by atoms with van der Waals surface area (Å²) in [6.07, 6.45) is 0. The van der Waals surface area contributed by atoms with Gasteiger partial charge in [0.05, 0.1) is 14.2 Å². The molecule has 0 atom stereocenters. The second kappa shape index (κ2) is 6.74. The van der Waals surface area contributed by atoms with E-state index < -0.39 is 0 Å². The molecular weight excluding hydrogens is 270 g/mol. The highest BCUT2D eigenvalue weighted by molar-refractivity contribution is 5.39. The van der Waals surface area contributed by atoms with Gasteiger partial charge in [-0.3, -0.25) is 0 Å². The van der Waals surface area contributed by atoms with Gasteiger partial charge in [-0.05, 0) is 17.7 Å². The van der Waals surface area contributed by atoms with Gasteiger partial charge >= 0.3 is 6.01 Å². The average Bonchev–Trinajstić information content (AvgIpc) is 2.54. The van der Waals surface area contributed by atoms with E-state index in [-0.39, 0.29) is 6.01 Å². The van der Waals surface area contributed by atoms with Crippen molar-refractivity contribution in [3.8, 4) is 11.8 Å². The number of nitrogens with zero attached hydrogens (tertiary/aromatic N) is 4. The molecule has 112 valence electrons. The van der Waals surface area contributed by atoms with Crippen molar-refractivity contribution in [1.82, 2.24) is 15.0 Å². The lowest BCUT2D eigenvalue weighted by atomic mass is 10.2. The molecular formula is C14H19N5O2. The molecule has 0 bridgehead atoms. The predicted octanol–water partition coefficient (Wildman–Crippen LogP) is 1.57. The first kappa shape index (κ1) is 14.8. The van der Waals surface area contributed by atoms with Crippen LogP contribution in [-0.2, 0) is 6.54 Å². The van der Waals surface area contributed by atoms with E-state index in [0.717, 1.165) is 11.3 Å². The van der Waals surface area contributed by atoms with Crippen molar-refractivity contribution >= 4 is 11.9 Å². The topological polar surface area (TPSA) is 72.4 Å². The fraction of sp³-hybridized carbons (Fsp3) is 0.357. The van der Waals surface area contributed by atoms with Gasteiger partial charge in [-0.2, -0.15) is 15.0 Å². The first-order valence-electron chi connectivity index (χ1n) is 6.48. The molecule has 0 amide bonds. The molecule has 7 nitrogen and oxygen atoms in total. The summed E-state index contributed by atoms with van der Waals surface area (Å²) >= 11 is 0. The molecule has 0 aliphatic carbocycles. The number of aromatic nitrogens is 3. The van der Waals surface area contributed by atoms with Crippen LogP contribution in [0.2, 0.25) is 0 Å². The van der Waals surface area contributed by atoms with Gasteiger partial charge in [0, 0.05) is 20.6 Å². The summed E-state index contributed by atoms with van der Waals surface area (Å²) in [6.45, 7) is 0.667. The molecule has 7 heteroatoms. The lowest BCUT2D eigenvalue weighted by Crippen LogP contribution is -2.20. The molecule has 0 saturated carbocycles. The van der Waals surface area contributed by atoms with Gasteiger partial charge < -0.3 is 19.7 Å². The molecule has 2 aromatic rings. The van der Waals surface area contributed by atoms with Crippen molar-refractivity contribution in [2.75, 3.05) is 38.5 Å². The van der Waals surface area contributed by atoms with Crippen molar-refractivity contribution in [2.24, 2.45) is 0 Å². The number of ether oxygens (including phenoxy) is 2. The van der Waals surface area contributed by atoms with Crippen LogP contribution in [0, 0.1) is 0 Å². The summed E-state index contributed by atoms with van der Waals surface area (Å²) in [5.41, 5.74) is 1.13. The molecule has 0 aliphatic rings.